The molecule has 0 aliphatic heterocycles. The lowest BCUT2D eigenvalue weighted by atomic mass is 10.1. The van der Waals surface area contributed by atoms with Gasteiger partial charge in [-0.2, -0.15) is 0 Å². The second kappa shape index (κ2) is 5.16. The van der Waals surface area contributed by atoms with E-state index in [1.165, 1.54) is 18.2 Å². The Hall–Kier alpha value is -1.92. The molecule has 0 unspecified atom stereocenters. The fraction of sp³-hybridized carbons (Fsp3) is 0.0909. The highest BCUT2D eigenvalue weighted by molar-refractivity contribution is 5.85. The number of hydrogen-bond donors (Lipinski definition) is 3. The van der Waals surface area contributed by atoms with Crippen LogP contribution in [0.5, 0.6) is 0 Å². The lowest BCUT2D eigenvalue weighted by Gasteiger charge is -2.11. The van der Waals surface area contributed by atoms with E-state index >= 15 is 0 Å². The molecule has 5 N–H and O–H groups in total. The summed E-state index contributed by atoms with van der Waals surface area (Å²) in [6, 6.07) is 4.13. The predicted octanol–water partition coefficient (Wildman–Crippen LogP) is 0.628. The van der Waals surface area contributed by atoms with Crippen molar-refractivity contribution in [2.24, 2.45) is 5.73 Å². The minimum absolute atomic E-state index is 0. The van der Waals surface area contributed by atoms with E-state index in [2.05, 4.69) is 5.32 Å². The van der Waals surface area contributed by atoms with E-state index in [0.29, 0.717) is 11.3 Å². The molecule has 0 aromatic heterocycles. The van der Waals surface area contributed by atoms with Gasteiger partial charge in [0, 0.05) is 17.8 Å². The molecule has 0 fully saturated rings. The first-order chi connectivity index (χ1) is 8.04. The molecule has 18 heavy (non-hydrogen) atoms. The Morgan fingerprint density at radius 3 is 2.44 bits per heavy atom. The van der Waals surface area contributed by atoms with Crippen LogP contribution in [0.25, 0.3) is 0 Å². The summed E-state index contributed by atoms with van der Waals surface area (Å²) >= 11 is 0. The van der Waals surface area contributed by atoms with Crippen LogP contribution < -0.4 is 27.6 Å². The lowest BCUT2D eigenvalue weighted by molar-refractivity contribution is 0.611. The number of nitrogens with one attached hydrogen (secondary N) is 1. The highest BCUT2D eigenvalue weighted by Gasteiger charge is 2.17. The third-order valence-corrected chi connectivity index (χ3v) is 2.48. The van der Waals surface area contributed by atoms with E-state index < -0.39 is 16.7 Å². The van der Waals surface area contributed by atoms with Crippen LogP contribution in [0, 0.1) is 5.82 Å². The first-order valence-corrected chi connectivity index (χ1v) is 4.89. The Morgan fingerprint density at radius 2 is 1.89 bits per heavy atom. The molecule has 0 radical (unpaired) electrons. The maximum absolute atomic E-state index is 13.2. The molecular formula is C11H11ClFN3O2. The van der Waals surface area contributed by atoms with Crippen LogP contribution >= 0.6 is 12.4 Å². The zero-order valence-corrected chi connectivity index (χ0v) is 10.0. The van der Waals surface area contributed by atoms with Gasteiger partial charge in [-0.15, -0.1) is 12.4 Å². The summed E-state index contributed by atoms with van der Waals surface area (Å²) in [6.07, 6.45) is 0. The van der Waals surface area contributed by atoms with Gasteiger partial charge in [0.2, 0.25) is 0 Å². The maximum Gasteiger partial charge on any atom is 0.253 e. The summed E-state index contributed by atoms with van der Waals surface area (Å²) < 4.78 is 13.2. The van der Waals surface area contributed by atoms with E-state index in [4.69, 9.17) is 11.5 Å². The van der Waals surface area contributed by atoms with Crippen molar-refractivity contribution in [2.45, 2.75) is 6.54 Å². The smallest absolute Gasteiger partial charge is 0.253 e. The van der Waals surface area contributed by atoms with Crippen LogP contribution in [0.15, 0.2) is 27.8 Å². The Bertz CT molecular complexity index is 650. The van der Waals surface area contributed by atoms with Gasteiger partial charge in [-0.3, -0.25) is 9.59 Å². The minimum atomic E-state index is -0.700. The van der Waals surface area contributed by atoms with Gasteiger partial charge in [0.15, 0.2) is 0 Å². The molecular weight excluding hydrogens is 261 g/mol. The molecule has 5 nitrogen and oxygen atoms in total. The van der Waals surface area contributed by atoms with Crippen molar-refractivity contribution in [2.75, 3.05) is 11.1 Å². The number of nitrogens with two attached hydrogens (primary N) is 2. The van der Waals surface area contributed by atoms with Crippen LogP contribution in [0.3, 0.4) is 0 Å². The summed E-state index contributed by atoms with van der Waals surface area (Å²) in [6.45, 7) is 0.0444. The monoisotopic (exact) mass is 271 g/mol. The van der Waals surface area contributed by atoms with Gasteiger partial charge in [-0.1, -0.05) is 0 Å². The van der Waals surface area contributed by atoms with Crippen LogP contribution in [0.4, 0.5) is 21.5 Å². The Labute approximate surface area is 108 Å². The Balaban J connectivity index is 0.00000162. The van der Waals surface area contributed by atoms with Gasteiger partial charge in [0.05, 0.1) is 0 Å². The third-order valence-electron chi connectivity index (χ3n) is 2.48. The number of anilines is 3. The van der Waals surface area contributed by atoms with Crippen LogP contribution in [-0.4, -0.2) is 0 Å². The molecule has 0 amide bonds. The third kappa shape index (κ3) is 2.20. The predicted molar refractivity (Wildman–Crippen MR) is 70.6 cm³/mol. The molecule has 0 heterocycles. The topological polar surface area (TPSA) is 98.2 Å². The molecule has 0 saturated carbocycles. The molecule has 0 atom stereocenters. The maximum atomic E-state index is 13.2. The van der Waals surface area contributed by atoms with Gasteiger partial charge >= 0.3 is 0 Å². The van der Waals surface area contributed by atoms with Gasteiger partial charge in [-0.25, -0.2) is 4.39 Å². The van der Waals surface area contributed by atoms with Crippen molar-refractivity contribution in [1.29, 1.82) is 0 Å². The van der Waals surface area contributed by atoms with Gasteiger partial charge in [0.1, 0.15) is 17.2 Å². The molecule has 2 rings (SSSR count). The van der Waals surface area contributed by atoms with Crippen LogP contribution in [0.1, 0.15) is 5.56 Å². The Kier molecular flexibility index (Phi) is 4.05. The van der Waals surface area contributed by atoms with E-state index in [1.807, 2.05) is 0 Å². The number of halogens is 2. The summed E-state index contributed by atoms with van der Waals surface area (Å²) in [5.74, 6) is -0.420. The average Bonchev–Trinajstić information content (AvgIpc) is 2.36. The Morgan fingerprint density at radius 1 is 1.22 bits per heavy atom. The first kappa shape index (κ1) is 14.1. The van der Waals surface area contributed by atoms with E-state index in [0.717, 1.165) is 0 Å². The molecule has 2 aromatic carbocycles. The second-order valence-electron chi connectivity index (χ2n) is 3.58. The summed E-state index contributed by atoms with van der Waals surface area (Å²) in [4.78, 5) is 22.0. The average molecular weight is 272 g/mol. The van der Waals surface area contributed by atoms with Gasteiger partial charge < -0.3 is 16.8 Å². The van der Waals surface area contributed by atoms with E-state index in [9.17, 15) is 14.0 Å². The fourth-order valence-corrected chi connectivity index (χ4v) is 1.49. The summed E-state index contributed by atoms with van der Waals surface area (Å²) in [5, 5.41) is 2.67. The molecule has 0 bridgehead atoms. The quantitative estimate of drug-likeness (QED) is 0.711. The van der Waals surface area contributed by atoms with Gasteiger partial charge in [-0.05, 0) is 18.2 Å². The molecule has 0 saturated heterocycles. The standard InChI is InChI=1S/C11H10FN3O2.ClH/c12-7-2-1-6(3-5(7)4-13)15-9-8(14)10(16)11(9)17;/h1-3,15H,4,13-14H2;1H. The zero-order valence-electron chi connectivity index (χ0n) is 9.20. The lowest BCUT2D eigenvalue weighted by Crippen LogP contribution is -2.36. The highest BCUT2D eigenvalue weighted by Crippen LogP contribution is 2.20. The molecule has 0 aliphatic carbocycles. The van der Waals surface area contributed by atoms with Crippen molar-refractivity contribution >= 4 is 29.5 Å². The molecule has 96 valence electrons. The van der Waals surface area contributed by atoms with E-state index in [-0.39, 0.29) is 30.3 Å². The number of benzene rings is 1. The van der Waals surface area contributed by atoms with Crippen molar-refractivity contribution in [3.63, 3.8) is 0 Å². The normalized spacial score (nSPS) is 10.1. The highest BCUT2D eigenvalue weighted by atomic mass is 35.5. The molecule has 0 aliphatic rings. The largest absolute Gasteiger partial charge is 0.394 e. The van der Waals surface area contributed by atoms with Crippen molar-refractivity contribution in [3.8, 4) is 0 Å². The number of hydrogen-bond acceptors (Lipinski definition) is 5. The molecule has 7 heteroatoms. The van der Waals surface area contributed by atoms with Crippen LogP contribution in [-0.2, 0) is 6.54 Å². The number of rotatable bonds is 3. The molecule has 2 aromatic rings. The van der Waals surface area contributed by atoms with Crippen molar-refractivity contribution in [3.05, 3.63) is 50.0 Å². The first-order valence-electron chi connectivity index (χ1n) is 4.89. The second-order valence-corrected chi connectivity index (χ2v) is 3.58. The number of nitrogen functional groups attached to an aromatic ring is 1. The van der Waals surface area contributed by atoms with Crippen LogP contribution in [0.2, 0.25) is 0 Å². The van der Waals surface area contributed by atoms with E-state index in [1.54, 1.807) is 0 Å². The summed E-state index contributed by atoms with van der Waals surface area (Å²) in [7, 11) is 0. The van der Waals surface area contributed by atoms with Crippen molar-refractivity contribution < 1.29 is 4.39 Å². The fourth-order valence-electron chi connectivity index (χ4n) is 1.49. The zero-order chi connectivity index (χ0) is 12.6. The minimum Gasteiger partial charge on any atom is -0.394 e. The molecule has 0 spiro atoms. The van der Waals surface area contributed by atoms with Gasteiger partial charge in [0.25, 0.3) is 10.9 Å². The summed E-state index contributed by atoms with van der Waals surface area (Å²) in [5.41, 5.74) is 10.1. The SMILES string of the molecule is Cl.NCc1cc(Nc2c(N)c(=O)c2=O)ccc1F. The van der Waals surface area contributed by atoms with Crippen molar-refractivity contribution in [1.82, 2.24) is 0 Å².